The third kappa shape index (κ3) is 3.51. The van der Waals surface area contributed by atoms with E-state index in [1.165, 1.54) is 0 Å². The summed E-state index contributed by atoms with van der Waals surface area (Å²) >= 11 is 0. The SMILES string of the molecule is CCC(C)C(N)C(=O)Nc1cc(C(N)=O)c(F)cc1F. The van der Waals surface area contributed by atoms with Crippen molar-refractivity contribution in [3.63, 3.8) is 0 Å². The van der Waals surface area contributed by atoms with Gasteiger partial charge in [-0.25, -0.2) is 8.78 Å². The lowest BCUT2D eigenvalue weighted by Gasteiger charge is -2.18. The Morgan fingerprint density at radius 2 is 1.90 bits per heavy atom. The number of carbonyl (C=O) groups excluding carboxylic acids is 2. The van der Waals surface area contributed by atoms with Crippen molar-refractivity contribution in [3.8, 4) is 0 Å². The Balaban J connectivity index is 3.01. The summed E-state index contributed by atoms with van der Waals surface area (Å²) in [6.45, 7) is 3.64. The van der Waals surface area contributed by atoms with Gasteiger partial charge in [0, 0.05) is 6.07 Å². The minimum Gasteiger partial charge on any atom is -0.366 e. The zero-order valence-electron chi connectivity index (χ0n) is 11.2. The summed E-state index contributed by atoms with van der Waals surface area (Å²) in [5.41, 5.74) is 9.82. The Kier molecular flexibility index (Phi) is 5.15. The van der Waals surface area contributed by atoms with Gasteiger partial charge in [0.25, 0.3) is 5.91 Å². The highest BCUT2D eigenvalue weighted by Gasteiger charge is 2.22. The molecule has 0 spiro atoms. The summed E-state index contributed by atoms with van der Waals surface area (Å²) in [6.07, 6.45) is 0.674. The van der Waals surface area contributed by atoms with Crippen LogP contribution in [0, 0.1) is 17.6 Å². The van der Waals surface area contributed by atoms with E-state index in [1.54, 1.807) is 6.92 Å². The van der Waals surface area contributed by atoms with Gasteiger partial charge in [-0.3, -0.25) is 9.59 Å². The van der Waals surface area contributed by atoms with E-state index in [1.807, 2.05) is 6.92 Å². The van der Waals surface area contributed by atoms with Crippen LogP contribution >= 0.6 is 0 Å². The van der Waals surface area contributed by atoms with Crippen LogP contribution in [0.5, 0.6) is 0 Å². The van der Waals surface area contributed by atoms with E-state index < -0.39 is 35.1 Å². The Hall–Kier alpha value is -2.02. The summed E-state index contributed by atoms with van der Waals surface area (Å²) in [7, 11) is 0. The fourth-order valence-corrected chi connectivity index (χ4v) is 1.56. The van der Waals surface area contributed by atoms with Crippen LogP contribution < -0.4 is 16.8 Å². The molecule has 0 bridgehead atoms. The predicted octanol–water partition coefficient (Wildman–Crippen LogP) is 1.38. The highest BCUT2D eigenvalue weighted by molar-refractivity contribution is 5.98. The van der Waals surface area contributed by atoms with E-state index in [0.717, 1.165) is 6.07 Å². The molecule has 0 aliphatic heterocycles. The molecular weight excluding hydrogens is 268 g/mol. The Labute approximate surface area is 115 Å². The number of nitrogens with one attached hydrogen (secondary N) is 1. The first-order chi connectivity index (χ1) is 9.27. The summed E-state index contributed by atoms with van der Waals surface area (Å²) in [4.78, 5) is 22.8. The number of rotatable bonds is 5. The number of amides is 2. The Bertz CT molecular complexity index is 535. The third-order valence-corrected chi connectivity index (χ3v) is 3.14. The van der Waals surface area contributed by atoms with Crippen molar-refractivity contribution >= 4 is 17.5 Å². The number of benzene rings is 1. The molecule has 2 unspecified atom stereocenters. The van der Waals surface area contributed by atoms with E-state index >= 15 is 0 Å². The van der Waals surface area contributed by atoms with Crippen LogP contribution in [0.4, 0.5) is 14.5 Å². The van der Waals surface area contributed by atoms with E-state index in [9.17, 15) is 18.4 Å². The van der Waals surface area contributed by atoms with Gasteiger partial charge in [0.2, 0.25) is 5.91 Å². The topological polar surface area (TPSA) is 98.2 Å². The molecule has 0 aliphatic rings. The van der Waals surface area contributed by atoms with Crippen molar-refractivity contribution in [2.24, 2.45) is 17.4 Å². The second kappa shape index (κ2) is 6.42. The molecule has 20 heavy (non-hydrogen) atoms. The fraction of sp³-hybridized carbons (Fsp3) is 0.385. The molecule has 1 aromatic carbocycles. The quantitative estimate of drug-likeness (QED) is 0.762. The fourth-order valence-electron chi connectivity index (χ4n) is 1.56. The highest BCUT2D eigenvalue weighted by Crippen LogP contribution is 2.20. The molecule has 0 radical (unpaired) electrons. The average molecular weight is 285 g/mol. The van der Waals surface area contributed by atoms with Gasteiger partial charge in [-0.2, -0.15) is 0 Å². The number of halogens is 2. The van der Waals surface area contributed by atoms with E-state index in [-0.39, 0.29) is 11.6 Å². The maximum absolute atomic E-state index is 13.6. The van der Waals surface area contributed by atoms with E-state index in [2.05, 4.69) is 5.32 Å². The van der Waals surface area contributed by atoms with Gasteiger partial charge in [-0.05, 0) is 12.0 Å². The van der Waals surface area contributed by atoms with Gasteiger partial charge in [0.15, 0.2) is 0 Å². The lowest BCUT2D eigenvalue weighted by Crippen LogP contribution is -2.40. The largest absolute Gasteiger partial charge is 0.366 e. The monoisotopic (exact) mass is 285 g/mol. The van der Waals surface area contributed by atoms with E-state index in [0.29, 0.717) is 12.5 Å². The lowest BCUT2D eigenvalue weighted by molar-refractivity contribution is -0.118. The molecule has 2 amide bonds. The lowest BCUT2D eigenvalue weighted by atomic mass is 9.99. The molecule has 0 aliphatic carbocycles. The van der Waals surface area contributed by atoms with Crippen molar-refractivity contribution in [1.82, 2.24) is 0 Å². The molecule has 110 valence electrons. The molecule has 5 N–H and O–H groups in total. The first-order valence-corrected chi connectivity index (χ1v) is 6.13. The van der Waals surface area contributed by atoms with Crippen LogP contribution in [-0.2, 0) is 4.79 Å². The molecule has 2 atom stereocenters. The Morgan fingerprint density at radius 3 is 2.40 bits per heavy atom. The molecule has 0 fully saturated rings. The molecule has 1 aromatic rings. The number of hydrogen-bond acceptors (Lipinski definition) is 3. The molecule has 0 aromatic heterocycles. The van der Waals surface area contributed by atoms with Crippen molar-refractivity contribution in [3.05, 3.63) is 29.3 Å². The number of carbonyl (C=O) groups is 2. The summed E-state index contributed by atoms with van der Waals surface area (Å²) in [5, 5.41) is 2.23. The first kappa shape index (κ1) is 16.0. The van der Waals surface area contributed by atoms with Gasteiger partial charge >= 0.3 is 0 Å². The van der Waals surface area contributed by atoms with Crippen molar-refractivity contribution in [2.75, 3.05) is 5.32 Å². The average Bonchev–Trinajstić information content (AvgIpc) is 2.39. The molecule has 7 heteroatoms. The molecular formula is C13H17F2N3O2. The summed E-state index contributed by atoms with van der Waals surface area (Å²) in [6, 6.07) is 0.514. The zero-order valence-corrected chi connectivity index (χ0v) is 11.2. The van der Waals surface area contributed by atoms with Crippen LogP contribution in [-0.4, -0.2) is 17.9 Å². The van der Waals surface area contributed by atoms with Gasteiger partial charge < -0.3 is 16.8 Å². The number of nitrogens with two attached hydrogens (primary N) is 2. The van der Waals surface area contributed by atoms with E-state index in [4.69, 9.17) is 11.5 Å². The van der Waals surface area contributed by atoms with Gasteiger partial charge in [-0.15, -0.1) is 0 Å². The van der Waals surface area contributed by atoms with Crippen molar-refractivity contribution in [2.45, 2.75) is 26.3 Å². The van der Waals surface area contributed by atoms with Crippen LogP contribution in [0.25, 0.3) is 0 Å². The minimum absolute atomic E-state index is 0.103. The van der Waals surface area contributed by atoms with Gasteiger partial charge in [0.05, 0.1) is 17.3 Å². The van der Waals surface area contributed by atoms with Gasteiger partial charge in [0.1, 0.15) is 11.6 Å². The van der Waals surface area contributed by atoms with Gasteiger partial charge in [-0.1, -0.05) is 20.3 Å². The minimum atomic E-state index is -1.08. The van der Waals surface area contributed by atoms with Crippen molar-refractivity contribution in [1.29, 1.82) is 0 Å². The number of hydrogen-bond donors (Lipinski definition) is 3. The number of primary amides is 1. The highest BCUT2D eigenvalue weighted by atomic mass is 19.1. The summed E-state index contributed by atoms with van der Waals surface area (Å²) in [5.74, 6) is -3.85. The molecule has 0 saturated heterocycles. The van der Waals surface area contributed by atoms with Crippen molar-refractivity contribution < 1.29 is 18.4 Å². The van der Waals surface area contributed by atoms with Crippen LogP contribution in [0.2, 0.25) is 0 Å². The predicted molar refractivity (Wildman–Crippen MR) is 70.9 cm³/mol. The van der Waals surface area contributed by atoms with Crippen LogP contribution in [0.1, 0.15) is 30.6 Å². The van der Waals surface area contributed by atoms with Crippen LogP contribution in [0.3, 0.4) is 0 Å². The third-order valence-electron chi connectivity index (χ3n) is 3.14. The first-order valence-electron chi connectivity index (χ1n) is 6.13. The smallest absolute Gasteiger partial charge is 0.251 e. The zero-order chi connectivity index (χ0) is 15.4. The maximum atomic E-state index is 13.6. The van der Waals surface area contributed by atoms with Crippen LogP contribution in [0.15, 0.2) is 12.1 Å². The second-order valence-corrected chi connectivity index (χ2v) is 4.58. The normalized spacial score (nSPS) is 13.7. The Morgan fingerprint density at radius 1 is 1.30 bits per heavy atom. The maximum Gasteiger partial charge on any atom is 0.251 e. The second-order valence-electron chi connectivity index (χ2n) is 4.58. The number of anilines is 1. The standard InChI is InChI=1S/C13H17F2N3O2/c1-3-6(2)11(16)13(20)18-10-4-7(12(17)19)8(14)5-9(10)15/h4-6,11H,3,16H2,1-2H3,(H2,17,19)(H,18,20). The molecule has 0 saturated carbocycles. The molecule has 0 heterocycles. The summed E-state index contributed by atoms with van der Waals surface area (Å²) < 4.78 is 26.8. The molecule has 1 rings (SSSR count). The molecule has 5 nitrogen and oxygen atoms in total.